The molecule has 4 rings (SSSR count). The zero-order chi connectivity index (χ0) is 15.1. The first-order valence-electron chi connectivity index (χ1n) is 6.61. The lowest BCUT2D eigenvalue weighted by Gasteiger charge is -2.05. The lowest BCUT2D eigenvalue weighted by molar-refractivity contribution is 0.412. The van der Waals surface area contributed by atoms with Gasteiger partial charge < -0.3 is 9.84 Å². The smallest absolute Gasteiger partial charge is 0.325 e. The van der Waals surface area contributed by atoms with Gasteiger partial charge in [-0.25, -0.2) is 0 Å². The van der Waals surface area contributed by atoms with E-state index in [1.807, 2.05) is 25.4 Å². The standard InChI is InChI=1S/C15H11N5O2/c1-20-8-9-6-10(2-3-12(9)19-20)22-15-17-13-7-16-5-4-11(13)14(21)18-15/h2-8H,1H3,(H,17,18,21). The molecule has 0 radical (unpaired) electrons. The number of nitrogens with zero attached hydrogens (tertiary/aromatic N) is 5. The van der Waals surface area contributed by atoms with E-state index in [0.29, 0.717) is 16.7 Å². The number of benzene rings is 1. The van der Waals surface area contributed by atoms with E-state index >= 15 is 0 Å². The Kier molecular flexibility index (Phi) is 2.65. The van der Waals surface area contributed by atoms with Gasteiger partial charge in [-0.3, -0.25) is 9.67 Å². The first kappa shape index (κ1) is 12.5. The highest BCUT2D eigenvalue weighted by molar-refractivity contribution is 5.82. The summed E-state index contributed by atoms with van der Waals surface area (Å²) < 4.78 is 7.37. The highest BCUT2D eigenvalue weighted by atomic mass is 16.5. The molecule has 0 amide bonds. The third-order valence-electron chi connectivity index (χ3n) is 3.26. The summed E-state index contributed by atoms with van der Waals surface area (Å²) >= 11 is 0. The maximum Gasteiger partial charge on any atom is 0.325 e. The van der Waals surface area contributed by atoms with Crippen LogP contribution in [-0.4, -0.2) is 29.8 Å². The van der Waals surface area contributed by atoms with Crippen molar-refractivity contribution in [2.45, 2.75) is 0 Å². The van der Waals surface area contributed by atoms with Crippen LogP contribution in [0, 0.1) is 0 Å². The van der Waals surface area contributed by atoms with E-state index in [9.17, 15) is 5.11 Å². The quantitative estimate of drug-likeness (QED) is 0.611. The Labute approximate surface area is 124 Å². The molecule has 0 saturated carbocycles. The van der Waals surface area contributed by atoms with Gasteiger partial charge >= 0.3 is 6.01 Å². The van der Waals surface area contributed by atoms with Crippen molar-refractivity contribution in [1.82, 2.24) is 24.7 Å². The Morgan fingerprint density at radius 3 is 2.95 bits per heavy atom. The van der Waals surface area contributed by atoms with Gasteiger partial charge in [0.1, 0.15) is 5.75 Å². The van der Waals surface area contributed by atoms with Gasteiger partial charge in [-0.05, 0) is 24.3 Å². The molecule has 0 bridgehead atoms. The monoisotopic (exact) mass is 293 g/mol. The van der Waals surface area contributed by atoms with Gasteiger partial charge in [0, 0.05) is 24.8 Å². The Bertz CT molecular complexity index is 996. The van der Waals surface area contributed by atoms with Gasteiger partial charge in [0.2, 0.25) is 5.88 Å². The molecule has 0 aliphatic rings. The van der Waals surface area contributed by atoms with Crippen molar-refractivity contribution in [1.29, 1.82) is 0 Å². The highest BCUT2D eigenvalue weighted by Crippen LogP contribution is 2.27. The van der Waals surface area contributed by atoms with Crippen LogP contribution < -0.4 is 4.74 Å². The van der Waals surface area contributed by atoms with Crippen LogP contribution in [0.25, 0.3) is 21.8 Å². The molecular formula is C15H11N5O2. The minimum atomic E-state index is -0.134. The molecule has 0 aliphatic heterocycles. The van der Waals surface area contributed by atoms with E-state index in [1.165, 1.54) is 0 Å². The van der Waals surface area contributed by atoms with Gasteiger partial charge in [0.15, 0.2) is 0 Å². The van der Waals surface area contributed by atoms with Crippen molar-refractivity contribution in [2.75, 3.05) is 0 Å². The molecule has 1 aromatic carbocycles. The van der Waals surface area contributed by atoms with E-state index in [0.717, 1.165) is 10.9 Å². The molecule has 22 heavy (non-hydrogen) atoms. The van der Waals surface area contributed by atoms with Gasteiger partial charge in [0.05, 0.1) is 22.6 Å². The van der Waals surface area contributed by atoms with Crippen molar-refractivity contribution in [3.8, 4) is 17.6 Å². The minimum Gasteiger partial charge on any atom is -0.493 e. The van der Waals surface area contributed by atoms with E-state index in [1.54, 1.807) is 29.2 Å². The average molecular weight is 293 g/mol. The molecule has 0 aliphatic carbocycles. The number of hydrogen-bond acceptors (Lipinski definition) is 6. The third kappa shape index (κ3) is 2.08. The summed E-state index contributed by atoms with van der Waals surface area (Å²) in [5.74, 6) is 0.438. The fourth-order valence-electron chi connectivity index (χ4n) is 2.28. The summed E-state index contributed by atoms with van der Waals surface area (Å²) in [6.45, 7) is 0. The number of hydrogen-bond donors (Lipinski definition) is 1. The topological polar surface area (TPSA) is 86.0 Å². The molecule has 0 atom stereocenters. The summed E-state index contributed by atoms with van der Waals surface area (Å²) in [7, 11) is 1.86. The van der Waals surface area contributed by atoms with Crippen LogP contribution in [0.15, 0.2) is 42.9 Å². The third-order valence-corrected chi connectivity index (χ3v) is 3.26. The zero-order valence-corrected chi connectivity index (χ0v) is 11.6. The van der Waals surface area contributed by atoms with Crippen LogP contribution in [0.3, 0.4) is 0 Å². The van der Waals surface area contributed by atoms with E-state index in [2.05, 4.69) is 20.1 Å². The summed E-state index contributed by atoms with van der Waals surface area (Å²) in [4.78, 5) is 12.2. The lowest BCUT2D eigenvalue weighted by atomic mass is 10.2. The number of ether oxygens (including phenoxy) is 1. The largest absolute Gasteiger partial charge is 0.493 e. The SMILES string of the molecule is Cn1cc2cc(Oc3nc(O)c4ccncc4n3)ccc2n1. The molecule has 0 spiro atoms. The Morgan fingerprint density at radius 2 is 2.05 bits per heavy atom. The molecule has 3 aromatic heterocycles. The molecular weight excluding hydrogens is 282 g/mol. The normalized spacial score (nSPS) is 11.1. The molecule has 1 N–H and O–H groups in total. The van der Waals surface area contributed by atoms with Crippen molar-refractivity contribution in [3.05, 3.63) is 42.9 Å². The minimum absolute atomic E-state index is 0.0706. The molecule has 7 nitrogen and oxygen atoms in total. The summed E-state index contributed by atoms with van der Waals surface area (Å²) in [6.07, 6.45) is 5.01. The average Bonchev–Trinajstić information content (AvgIpc) is 2.87. The summed E-state index contributed by atoms with van der Waals surface area (Å²) in [5, 5.41) is 15.7. The predicted molar refractivity (Wildman–Crippen MR) is 79.8 cm³/mol. The van der Waals surface area contributed by atoms with Crippen LogP contribution >= 0.6 is 0 Å². The van der Waals surface area contributed by atoms with Crippen LogP contribution in [0.2, 0.25) is 0 Å². The van der Waals surface area contributed by atoms with Crippen LogP contribution in [0.4, 0.5) is 0 Å². The number of fused-ring (bicyclic) bond motifs is 2. The fourth-order valence-corrected chi connectivity index (χ4v) is 2.28. The lowest BCUT2D eigenvalue weighted by Crippen LogP contribution is -1.93. The van der Waals surface area contributed by atoms with Gasteiger partial charge in [-0.15, -0.1) is 0 Å². The Balaban J connectivity index is 1.75. The van der Waals surface area contributed by atoms with Gasteiger partial charge in [-0.1, -0.05) is 0 Å². The first-order valence-corrected chi connectivity index (χ1v) is 6.61. The van der Waals surface area contributed by atoms with Crippen LogP contribution in [0.1, 0.15) is 0 Å². The van der Waals surface area contributed by atoms with E-state index in [-0.39, 0.29) is 11.9 Å². The first-order chi connectivity index (χ1) is 10.7. The molecule has 108 valence electrons. The second-order valence-corrected chi connectivity index (χ2v) is 4.85. The van der Waals surface area contributed by atoms with Gasteiger partial charge in [-0.2, -0.15) is 15.1 Å². The van der Waals surface area contributed by atoms with Crippen LogP contribution in [-0.2, 0) is 7.05 Å². The van der Waals surface area contributed by atoms with Crippen LogP contribution in [0.5, 0.6) is 17.6 Å². The second-order valence-electron chi connectivity index (χ2n) is 4.85. The Morgan fingerprint density at radius 1 is 1.14 bits per heavy atom. The Hall–Kier alpha value is -3.22. The van der Waals surface area contributed by atoms with Crippen molar-refractivity contribution in [2.24, 2.45) is 7.05 Å². The van der Waals surface area contributed by atoms with Crippen molar-refractivity contribution < 1.29 is 9.84 Å². The number of aromatic hydroxyl groups is 1. The molecule has 4 aromatic rings. The van der Waals surface area contributed by atoms with Crippen molar-refractivity contribution >= 4 is 21.8 Å². The number of pyridine rings is 1. The maximum atomic E-state index is 9.93. The number of aryl methyl sites for hydroxylation is 1. The molecule has 3 heterocycles. The highest BCUT2D eigenvalue weighted by Gasteiger charge is 2.09. The molecule has 0 saturated heterocycles. The summed E-state index contributed by atoms with van der Waals surface area (Å²) in [5.41, 5.74) is 1.40. The van der Waals surface area contributed by atoms with Gasteiger partial charge in [0.25, 0.3) is 0 Å². The molecule has 0 fully saturated rings. The number of aromatic nitrogens is 5. The maximum absolute atomic E-state index is 9.93. The fraction of sp³-hybridized carbons (Fsp3) is 0.0667. The van der Waals surface area contributed by atoms with E-state index < -0.39 is 0 Å². The molecule has 0 unspecified atom stereocenters. The number of rotatable bonds is 2. The van der Waals surface area contributed by atoms with Crippen molar-refractivity contribution in [3.63, 3.8) is 0 Å². The van der Waals surface area contributed by atoms with E-state index in [4.69, 9.17) is 4.74 Å². The zero-order valence-electron chi connectivity index (χ0n) is 11.6. The summed E-state index contributed by atoms with van der Waals surface area (Å²) in [6, 6.07) is 7.20. The predicted octanol–water partition coefficient (Wildman–Crippen LogP) is 2.41. The molecule has 7 heteroatoms. The second kappa shape index (κ2) is 4.66.